The van der Waals surface area contributed by atoms with Gasteiger partial charge in [0.1, 0.15) is 6.17 Å². The number of hydrogen-bond acceptors (Lipinski definition) is 5. The maximum absolute atomic E-state index is 13.5. The highest BCUT2D eigenvalue weighted by Crippen LogP contribution is 2.34. The number of rotatable bonds is 3. The van der Waals surface area contributed by atoms with E-state index in [1.54, 1.807) is 12.1 Å². The van der Waals surface area contributed by atoms with Crippen molar-refractivity contribution >= 4 is 16.0 Å². The Hall–Kier alpha value is -2.06. The van der Waals surface area contributed by atoms with Gasteiger partial charge in [-0.1, -0.05) is 12.1 Å². The molecule has 4 rings (SSSR count). The highest BCUT2D eigenvalue weighted by Gasteiger charge is 2.38. The fourth-order valence-electron chi connectivity index (χ4n) is 3.42. The number of fused-ring (bicyclic) bond motifs is 1. The summed E-state index contributed by atoms with van der Waals surface area (Å²) in [7, 11) is -3.73. The molecule has 0 amide bonds. The maximum atomic E-state index is 13.5. The molecule has 1 aromatic carbocycles. The van der Waals surface area contributed by atoms with Crippen LogP contribution in [0.3, 0.4) is 0 Å². The van der Waals surface area contributed by atoms with Gasteiger partial charge in [-0.15, -0.1) is 0 Å². The highest BCUT2D eigenvalue weighted by atomic mass is 32.2. The van der Waals surface area contributed by atoms with Gasteiger partial charge < -0.3 is 4.90 Å². The maximum Gasteiger partial charge on any atom is 0.238 e. The molecule has 2 N–H and O–H groups in total. The molecule has 2 atom stereocenters. The first-order valence-corrected chi connectivity index (χ1v) is 9.83. The van der Waals surface area contributed by atoms with Crippen LogP contribution in [0.15, 0.2) is 29.2 Å². The van der Waals surface area contributed by atoms with Crippen LogP contribution in [-0.2, 0) is 22.9 Å². The van der Waals surface area contributed by atoms with E-state index < -0.39 is 16.2 Å². The van der Waals surface area contributed by atoms with Gasteiger partial charge >= 0.3 is 0 Å². The van der Waals surface area contributed by atoms with Crippen LogP contribution < -0.4 is 10.0 Å². The molecule has 8 heteroatoms. The van der Waals surface area contributed by atoms with Crippen LogP contribution in [0.4, 0.5) is 10.3 Å². The minimum absolute atomic E-state index is 0.0683. The van der Waals surface area contributed by atoms with Crippen LogP contribution in [0, 0.1) is 0 Å². The Labute approximate surface area is 145 Å². The summed E-state index contributed by atoms with van der Waals surface area (Å²) in [6.45, 7) is 2.13. The predicted octanol–water partition coefficient (Wildman–Crippen LogP) is 1.83. The molecule has 0 spiro atoms. The summed E-state index contributed by atoms with van der Waals surface area (Å²) in [6, 6.07) is 6.16. The van der Waals surface area contributed by atoms with E-state index in [0.29, 0.717) is 12.5 Å². The molecule has 1 aliphatic carbocycles. The number of primary sulfonamides is 1. The topological polar surface area (TPSA) is 89.2 Å². The lowest BCUT2D eigenvalue weighted by Gasteiger charge is -2.42. The second-order valence-electron chi connectivity index (χ2n) is 6.63. The van der Waals surface area contributed by atoms with Gasteiger partial charge in [0.05, 0.1) is 23.2 Å². The first-order chi connectivity index (χ1) is 11.8. The number of benzene rings is 1. The van der Waals surface area contributed by atoms with Crippen molar-refractivity contribution < 1.29 is 12.8 Å². The third-order valence-corrected chi connectivity index (χ3v) is 5.95. The monoisotopic (exact) mass is 362 g/mol. The van der Waals surface area contributed by atoms with Gasteiger partial charge in [-0.3, -0.25) is 0 Å². The van der Waals surface area contributed by atoms with E-state index in [4.69, 9.17) is 5.14 Å². The summed E-state index contributed by atoms with van der Waals surface area (Å²) in [6.07, 6.45) is 1.93. The molecule has 6 nitrogen and oxygen atoms in total. The van der Waals surface area contributed by atoms with Gasteiger partial charge in [0.2, 0.25) is 16.0 Å². The number of sulfonamides is 1. The Balaban J connectivity index is 1.77. The van der Waals surface area contributed by atoms with E-state index in [9.17, 15) is 12.8 Å². The lowest BCUT2D eigenvalue weighted by molar-refractivity contribution is 0.210. The molecule has 0 unspecified atom stereocenters. The van der Waals surface area contributed by atoms with Crippen molar-refractivity contribution in [2.45, 2.75) is 43.3 Å². The Morgan fingerprint density at radius 1 is 1.20 bits per heavy atom. The largest absolute Gasteiger partial charge is 0.332 e. The van der Waals surface area contributed by atoms with Crippen molar-refractivity contribution in [3.63, 3.8) is 0 Å². The molecule has 1 saturated heterocycles. The molecule has 0 radical (unpaired) electrons. The molecular weight excluding hydrogens is 343 g/mol. The van der Waals surface area contributed by atoms with Crippen LogP contribution in [0.5, 0.6) is 0 Å². The number of hydrogen-bond donors (Lipinski definition) is 1. The smallest absolute Gasteiger partial charge is 0.238 e. The van der Waals surface area contributed by atoms with E-state index >= 15 is 0 Å². The molecule has 1 fully saturated rings. The lowest BCUT2D eigenvalue weighted by Crippen LogP contribution is -2.57. The molecule has 132 valence electrons. The Morgan fingerprint density at radius 2 is 1.92 bits per heavy atom. The molecule has 2 heterocycles. The number of halogens is 1. The van der Waals surface area contributed by atoms with Crippen LogP contribution in [0.25, 0.3) is 11.3 Å². The van der Waals surface area contributed by atoms with Gasteiger partial charge in [0.25, 0.3) is 0 Å². The second kappa shape index (κ2) is 5.74. The van der Waals surface area contributed by atoms with Gasteiger partial charge in [-0.2, -0.15) is 0 Å². The summed E-state index contributed by atoms with van der Waals surface area (Å²) in [4.78, 5) is 11.3. The Bertz CT molecular complexity index is 930. The van der Waals surface area contributed by atoms with E-state index in [-0.39, 0.29) is 10.9 Å². The van der Waals surface area contributed by atoms with Gasteiger partial charge in [0, 0.05) is 16.8 Å². The number of nitrogens with zero attached hydrogens (tertiary/aromatic N) is 3. The molecule has 2 aliphatic rings. The quantitative estimate of drug-likeness (QED) is 0.900. The first-order valence-electron chi connectivity index (χ1n) is 8.28. The fourth-order valence-corrected chi connectivity index (χ4v) is 3.93. The van der Waals surface area contributed by atoms with Crippen molar-refractivity contribution in [3.05, 3.63) is 35.5 Å². The van der Waals surface area contributed by atoms with E-state index in [1.807, 2.05) is 11.8 Å². The Morgan fingerprint density at radius 3 is 2.52 bits per heavy atom. The SMILES string of the molecule is C[C@H]1[C@H](F)CN1c1nc2c(c(-c3ccc(S(N)(=O)=O)cc3)n1)CCC2. The second-order valence-corrected chi connectivity index (χ2v) is 8.19. The minimum Gasteiger partial charge on any atom is -0.332 e. The molecule has 25 heavy (non-hydrogen) atoms. The number of alkyl halides is 1. The van der Waals surface area contributed by atoms with Crippen molar-refractivity contribution in [3.8, 4) is 11.3 Å². The fraction of sp³-hybridized carbons (Fsp3) is 0.412. The van der Waals surface area contributed by atoms with Gasteiger partial charge in [-0.05, 0) is 38.3 Å². The standard InChI is InChI=1S/C17H19FN4O2S/c1-10-14(18)9-22(10)17-20-15-4-2-3-13(15)16(21-17)11-5-7-12(8-6-11)25(19,23)24/h5-8,10,14H,2-4,9H2,1H3,(H2,19,23,24)/t10-,14+/m0/s1. The number of anilines is 1. The normalized spacial score (nSPS) is 22.6. The summed E-state index contributed by atoms with van der Waals surface area (Å²) in [5.41, 5.74) is 3.72. The van der Waals surface area contributed by atoms with Crippen LogP contribution >= 0.6 is 0 Å². The summed E-state index contributed by atoms with van der Waals surface area (Å²) >= 11 is 0. The predicted molar refractivity (Wildman–Crippen MR) is 92.6 cm³/mol. The summed E-state index contributed by atoms with van der Waals surface area (Å²) in [5, 5.41) is 5.16. The zero-order valence-electron chi connectivity index (χ0n) is 13.8. The zero-order valence-corrected chi connectivity index (χ0v) is 14.6. The zero-order chi connectivity index (χ0) is 17.8. The van der Waals surface area contributed by atoms with Crippen molar-refractivity contribution in [1.29, 1.82) is 0 Å². The summed E-state index contributed by atoms with van der Waals surface area (Å²) in [5.74, 6) is 0.549. The first kappa shape index (κ1) is 16.4. The summed E-state index contributed by atoms with van der Waals surface area (Å²) < 4.78 is 36.4. The third kappa shape index (κ3) is 2.79. The van der Waals surface area contributed by atoms with E-state index in [1.165, 1.54) is 12.1 Å². The van der Waals surface area contributed by atoms with Crippen molar-refractivity contribution in [1.82, 2.24) is 9.97 Å². The van der Waals surface area contributed by atoms with Gasteiger partial charge in [-0.25, -0.2) is 27.9 Å². The molecule has 0 bridgehead atoms. The molecule has 1 aliphatic heterocycles. The van der Waals surface area contributed by atoms with Crippen LogP contribution in [-0.4, -0.2) is 37.1 Å². The molecule has 2 aromatic rings. The minimum atomic E-state index is -3.73. The average Bonchev–Trinajstić information content (AvgIpc) is 3.06. The van der Waals surface area contributed by atoms with Crippen molar-refractivity contribution in [2.75, 3.05) is 11.4 Å². The van der Waals surface area contributed by atoms with Gasteiger partial charge in [0.15, 0.2) is 0 Å². The highest BCUT2D eigenvalue weighted by molar-refractivity contribution is 7.89. The molecule has 0 saturated carbocycles. The lowest BCUT2D eigenvalue weighted by atomic mass is 10.0. The van der Waals surface area contributed by atoms with Crippen LogP contribution in [0.2, 0.25) is 0 Å². The number of aromatic nitrogens is 2. The average molecular weight is 362 g/mol. The third-order valence-electron chi connectivity index (χ3n) is 5.02. The Kier molecular flexibility index (Phi) is 3.77. The van der Waals surface area contributed by atoms with Crippen LogP contribution in [0.1, 0.15) is 24.6 Å². The van der Waals surface area contributed by atoms with E-state index in [2.05, 4.69) is 9.97 Å². The van der Waals surface area contributed by atoms with Crippen molar-refractivity contribution in [2.24, 2.45) is 5.14 Å². The number of nitrogens with two attached hydrogens (primary N) is 1. The molecular formula is C17H19FN4O2S. The molecule has 1 aromatic heterocycles. The number of aryl methyl sites for hydroxylation is 1. The van der Waals surface area contributed by atoms with E-state index in [0.717, 1.165) is 41.8 Å².